The summed E-state index contributed by atoms with van der Waals surface area (Å²) in [5.74, 6) is 0.117. The van der Waals surface area contributed by atoms with E-state index in [-0.39, 0.29) is 23.6 Å². The molecule has 0 heterocycles. The Morgan fingerprint density at radius 1 is 1.25 bits per heavy atom. The van der Waals surface area contributed by atoms with E-state index >= 15 is 0 Å². The van der Waals surface area contributed by atoms with Gasteiger partial charge in [-0.05, 0) is 12.0 Å². The molecule has 0 aliphatic rings. The highest BCUT2D eigenvalue weighted by Gasteiger charge is 2.26. The predicted molar refractivity (Wildman–Crippen MR) is 69.8 cm³/mol. The minimum absolute atomic E-state index is 0. The molecule has 0 aromatic heterocycles. The summed E-state index contributed by atoms with van der Waals surface area (Å²) in [4.78, 5) is 11.8. The van der Waals surface area contributed by atoms with Crippen LogP contribution in [0.25, 0.3) is 0 Å². The van der Waals surface area contributed by atoms with E-state index in [0.717, 1.165) is 5.56 Å². The lowest BCUT2D eigenvalue weighted by molar-refractivity contribution is -0.127. The van der Waals surface area contributed by atoms with Crippen LogP contribution in [-0.2, 0) is 11.2 Å². The number of nitrogens with two attached hydrogens (primary N) is 1. The van der Waals surface area contributed by atoms with Crippen molar-refractivity contribution in [1.82, 2.24) is 0 Å². The third kappa shape index (κ3) is 4.33. The Balaban J connectivity index is 0.00000225. The van der Waals surface area contributed by atoms with Crippen LogP contribution in [0.5, 0.6) is 0 Å². The van der Waals surface area contributed by atoms with E-state index in [1.165, 1.54) is 0 Å². The van der Waals surface area contributed by atoms with E-state index in [2.05, 4.69) is 0 Å². The van der Waals surface area contributed by atoms with Crippen LogP contribution < -0.4 is 5.73 Å². The van der Waals surface area contributed by atoms with E-state index in [1.54, 1.807) is 0 Å². The van der Waals surface area contributed by atoms with Crippen LogP contribution in [0.2, 0.25) is 0 Å². The topological polar surface area (TPSA) is 43.1 Å². The standard InChI is InChI=1S/C13H19NO.ClH/c1-13(2,3)12(15)11(14)9-10-7-5-4-6-8-10;/h4-8,11H,9,14H2,1-3H3;1H/t11-;/m0./s1. The van der Waals surface area contributed by atoms with Crippen LogP contribution >= 0.6 is 12.4 Å². The van der Waals surface area contributed by atoms with Crippen molar-refractivity contribution >= 4 is 18.2 Å². The van der Waals surface area contributed by atoms with Gasteiger partial charge in [0.25, 0.3) is 0 Å². The molecule has 3 heteroatoms. The van der Waals surface area contributed by atoms with Gasteiger partial charge in [0.05, 0.1) is 6.04 Å². The van der Waals surface area contributed by atoms with Crippen molar-refractivity contribution in [2.75, 3.05) is 0 Å². The minimum atomic E-state index is -0.396. The van der Waals surface area contributed by atoms with Crippen molar-refractivity contribution in [3.63, 3.8) is 0 Å². The molecule has 0 bridgehead atoms. The second-order valence-corrected chi connectivity index (χ2v) is 4.91. The van der Waals surface area contributed by atoms with Crippen LogP contribution in [0.3, 0.4) is 0 Å². The second-order valence-electron chi connectivity index (χ2n) is 4.91. The molecule has 2 N–H and O–H groups in total. The van der Waals surface area contributed by atoms with E-state index in [9.17, 15) is 4.79 Å². The molecule has 16 heavy (non-hydrogen) atoms. The lowest BCUT2D eigenvalue weighted by Gasteiger charge is -2.21. The SMILES string of the molecule is CC(C)(C)C(=O)[C@@H](N)Cc1ccccc1.Cl. The van der Waals surface area contributed by atoms with Gasteiger partial charge in [0.2, 0.25) is 0 Å². The monoisotopic (exact) mass is 241 g/mol. The number of rotatable bonds is 3. The fourth-order valence-corrected chi connectivity index (χ4v) is 1.52. The highest BCUT2D eigenvalue weighted by Crippen LogP contribution is 2.17. The molecule has 0 fully saturated rings. The molecule has 0 amide bonds. The number of halogens is 1. The maximum Gasteiger partial charge on any atom is 0.155 e. The Morgan fingerprint density at radius 2 is 1.75 bits per heavy atom. The van der Waals surface area contributed by atoms with Crippen LogP contribution in [0.15, 0.2) is 30.3 Å². The molecule has 1 atom stereocenters. The minimum Gasteiger partial charge on any atom is -0.321 e. The van der Waals surface area contributed by atoms with E-state index in [0.29, 0.717) is 6.42 Å². The largest absolute Gasteiger partial charge is 0.321 e. The lowest BCUT2D eigenvalue weighted by Crippen LogP contribution is -2.40. The molecule has 0 radical (unpaired) electrons. The zero-order chi connectivity index (χ0) is 11.5. The summed E-state index contributed by atoms with van der Waals surface area (Å²) >= 11 is 0. The summed E-state index contributed by atoms with van der Waals surface area (Å²) in [6, 6.07) is 9.48. The number of benzene rings is 1. The number of carbonyl (C=O) groups excluding carboxylic acids is 1. The molecule has 0 saturated heterocycles. The van der Waals surface area contributed by atoms with E-state index < -0.39 is 6.04 Å². The maximum absolute atomic E-state index is 11.8. The van der Waals surface area contributed by atoms with Crippen LogP contribution in [-0.4, -0.2) is 11.8 Å². The summed E-state index contributed by atoms with van der Waals surface area (Å²) in [5, 5.41) is 0. The first kappa shape index (κ1) is 15.1. The predicted octanol–water partition coefficient (Wildman–Crippen LogP) is 2.59. The number of ketones is 1. The van der Waals surface area contributed by atoms with Gasteiger partial charge >= 0.3 is 0 Å². The fourth-order valence-electron chi connectivity index (χ4n) is 1.52. The van der Waals surface area contributed by atoms with Gasteiger partial charge in [-0.2, -0.15) is 0 Å². The third-order valence-electron chi connectivity index (χ3n) is 2.37. The Bertz CT molecular complexity index is 330. The average Bonchev–Trinajstić information content (AvgIpc) is 2.16. The molecule has 1 aromatic rings. The van der Waals surface area contributed by atoms with Crippen LogP contribution in [0.1, 0.15) is 26.3 Å². The highest BCUT2D eigenvalue weighted by molar-refractivity contribution is 5.88. The zero-order valence-electron chi connectivity index (χ0n) is 10.1. The Hall–Kier alpha value is -0.860. The summed E-state index contributed by atoms with van der Waals surface area (Å²) in [7, 11) is 0. The van der Waals surface area contributed by atoms with E-state index in [4.69, 9.17) is 5.73 Å². The number of Topliss-reactive ketones (excluding diaryl/α,β-unsaturated/α-hetero) is 1. The van der Waals surface area contributed by atoms with Gasteiger partial charge in [-0.3, -0.25) is 4.79 Å². The molecule has 0 saturated carbocycles. The van der Waals surface area contributed by atoms with Gasteiger partial charge in [0.15, 0.2) is 5.78 Å². The average molecular weight is 242 g/mol. The molecule has 1 aromatic carbocycles. The van der Waals surface area contributed by atoms with Gasteiger partial charge in [-0.25, -0.2) is 0 Å². The normalized spacial score (nSPS) is 12.8. The molecule has 0 aliphatic carbocycles. The third-order valence-corrected chi connectivity index (χ3v) is 2.37. The summed E-state index contributed by atoms with van der Waals surface area (Å²) < 4.78 is 0. The fraction of sp³-hybridized carbons (Fsp3) is 0.462. The summed E-state index contributed by atoms with van der Waals surface area (Å²) in [6.45, 7) is 5.71. The second kappa shape index (κ2) is 6.02. The van der Waals surface area contributed by atoms with Crippen molar-refractivity contribution in [2.24, 2.45) is 11.1 Å². The first-order chi connectivity index (χ1) is 6.91. The Labute approximate surface area is 104 Å². The first-order valence-corrected chi connectivity index (χ1v) is 5.25. The van der Waals surface area contributed by atoms with Crippen molar-refractivity contribution in [2.45, 2.75) is 33.2 Å². The molecular formula is C13H20ClNO. The van der Waals surface area contributed by atoms with Crippen LogP contribution in [0, 0.1) is 5.41 Å². The van der Waals surface area contributed by atoms with Gasteiger partial charge < -0.3 is 5.73 Å². The molecule has 2 nitrogen and oxygen atoms in total. The van der Waals surface area contributed by atoms with Gasteiger partial charge in [-0.15, -0.1) is 12.4 Å². The summed E-state index contributed by atoms with van der Waals surface area (Å²) in [6.07, 6.45) is 0.622. The van der Waals surface area contributed by atoms with Crippen molar-refractivity contribution in [3.05, 3.63) is 35.9 Å². The van der Waals surface area contributed by atoms with E-state index in [1.807, 2.05) is 51.1 Å². The Kier molecular flexibility index (Phi) is 5.70. The van der Waals surface area contributed by atoms with Crippen molar-refractivity contribution in [1.29, 1.82) is 0 Å². The molecule has 0 aliphatic heterocycles. The number of carbonyl (C=O) groups is 1. The summed E-state index contributed by atoms with van der Waals surface area (Å²) in [5.41, 5.74) is 6.65. The van der Waals surface area contributed by atoms with Gasteiger partial charge in [-0.1, -0.05) is 51.1 Å². The van der Waals surface area contributed by atoms with Crippen LogP contribution in [0.4, 0.5) is 0 Å². The lowest BCUT2D eigenvalue weighted by atomic mass is 9.85. The smallest absolute Gasteiger partial charge is 0.155 e. The molecule has 0 spiro atoms. The zero-order valence-corrected chi connectivity index (χ0v) is 10.9. The first-order valence-electron chi connectivity index (χ1n) is 5.25. The maximum atomic E-state index is 11.8. The Morgan fingerprint density at radius 3 is 2.19 bits per heavy atom. The highest BCUT2D eigenvalue weighted by atomic mass is 35.5. The van der Waals surface area contributed by atoms with Crippen molar-refractivity contribution in [3.8, 4) is 0 Å². The van der Waals surface area contributed by atoms with Gasteiger partial charge in [0.1, 0.15) is 0 Å². The molecule has 90 valence electrons. The number of hydrogen-bond donors (Lipinski definition) is 1. The molecule has 1 rings (SSSR count). The molecular weight excluding hydrogens is 222 g/mol. The molecule has 0 unspecified atom stereocenters. The van der Waals surface area contributed by atoms with Crippen molar-refractivity contribution < 1.29 is 4.79 Å². The van der Waals surface area contributed by atoms with Gasteiger partial charge in [0, 0.05) is 5.41 Å². The number of hydrogen-bond acceptors (Lipinski definition) is 2. The quantitative estimate of drug-likeness (QED) is 0.884.